The number of rotatable bonds is 5. The molecule has 0 unspecified atom stereocenters. The lowest BCUT2D eigenvalue weighted by molar-refractivity contribution is 0.0690. The Labute approximate surface area is 105 Å². The molecule has 0 aliphatic rings. The first kappa shape index (κ1) is 12.0. The summed E-state index contributed by atoms with van der Waals surface area (Å²) in [5.74, 6) is -1.02. The molecule has 0 aliphatic carbocycles. The zero-order chi connectivity index (χ0) is 12.8. The number of hydrogen-bond donors (Lipinski definition) is 2. The molecule has 2 N–H and O–H groups in total. The molecular formula is C13H13N3O2. The van der Waals surface area contributed by atoms with Crippen molar-refractivity contribution in [3.63, 3.8) is 0 Å². The SMILES string of the molecule is O=C(O)c1cc(NCCc2ccccn2)ccn1. The van der Waals surface area contributed by atoms with Crippen LogP contribution in [0.4, 0.5) is 5.69 Å². The number of aromatic nitrogens is 2. The molecule has 0 radical (unpaired) electrons. The summed E-state index contributed by atoms with van der Waals surface area (Å²) in [6.07, 6.45) is 4.02. The Bertz CT molecular complexity index is 529. The third-order valence-corrected chi connectivity index (χ3v) is 2.42. The summed E-state index contributed by atoms with van der Waals surface area (Å²) in [4.78, 5) is 18.7. The molecule has 0 spiro atoms. The molecule has 0 saturated carbocycles. The lowest BCUT2D eigenvalue weighted by atomic mass is 10.2. The molecule has 2 aromatic heterocycles. The number of carboxylic acid groups (broad SMARTS) is 1. The number of nitrogens with one attached hydrogen (secondary N) is 1. The van der Waals surface area contributed by atoms with Crippen LogP contribution < -0.4 is 5.32 Å². The lowest BCUT2D eigenvalue weighted by Crippen LogP contribution is -2.07. The number of carbonyl (C=O) groups is 1. The van der Waals surface area contributed by atoms with Gasteiger partial charge in [0.05, 0.1) is 0 Å². The van der Waals surface area contributed by atoms with Gasteiger partial charge in [0.1, 0.15) is 5.69 Å². The van der Waals surface area contributed by atoms with Crippen molar-refractivity contribution in [3.05, 3.63) is 54.1 Å². The van der Waals surface area contributed by atoms with Crippen molar-refractivity contribution in [1.82, 2.24) is 9.97 Å². The number of aromatic carboxylic acids is 1. The van der Waals surface area contributed by atoms with E-state index in [1.807, 2.05) is 18.2 Å². The number of nitrogens with zero attached hydrogens (tertiary/aromatic N) is 2. The molecule has 5 heteroatoms. The molecule has 18 heavy (non-hydrogen) atoms. The van der Waals surface area contributed by atoms with E-state index < -0.39 is 5.97 Å². The Morgan fingerprint density at radius 3 is 2.83 bits per heavy atom. The van der Waals surface area contributed by atoms with Crippen LogP contribution >= 0.6 is 0 Å². The van der Waals surface area contributed by atoms with Gasteiger partial charge in [-0.3, -0.25) is 4.98 Å². The molecule has 2 rings (SSSR count). The quantitative estimate of drug-likeness (QED) is 0.838. The van der Waals surface area contributed by atoms with Crippen molar-refractivity contribution >= 4 is 11.7 Å². The van der Waals surface area contributed by atoms with Crippen molar-refractivity contribution in [2.75, 3.05) is 11.9 Å². The van der Waals surface area contributed by atoms with E-state index in [4.69, 9.17) is 5.11 Å². The highest BCUT2D eigenvalue weighted by atomic mass is 16.4. The van der Waals surface area contributed by atoms with Crippen LogP contribution in [-0.4, -0.2) is 27.6 Å². The third kappa shape index (κ3) is 3.28. The fraction of sp³-hybridized carbons (Fsp3) is 0.154. The van der Waals surface area contributed by atoms with E-state index in [2.05, 4.69) is 15.3 Å². The summed E-state index contributed by atoms with van der Waals surface area (Å²) < 4.78 is 0. The fourth-order valence-corrected chi connectivity index (χ4v) is 1.54. The normalized spacial score (nSPS) is 10.0. The first-order valence-electron chi connectivity index (χ1n) is 5.59. The van der Waals surface area contributed by atoms with Crippen LogP contribution in [0.3, 0.4) is 0 Å². The summed E-state index contributed by atoms with van der Waals surface area (Å²) in [7, 11) is 0. The number of anilines is 1. The van der Waals surface area contributed by atoms with Gasteiger partial charge in [-0.2, -0.15) is 0 Å². The summed E-state index contributed by atoms with van der Waals surface area (Å²) in [6, 6.07) is 9.03. The highest BCUT2D eigenvalue weighted by Gasteiger charge is 2.04. The maximum Gasteiger partial charge on any atom is 0.354 e. The molecule has 0 bridgehead atoms. The van der Waals surface area contributed by atoms with Gasteiger partial charge in [0.15, 0.2) is 0 Å². The number of carboxylic acids is 1. The summed E-state index contributed by atoms with van der Waals surface area (Å²) in [6.45, 7) is 0.695. The standard InChI is InChI=1S/C13H13N3O2/c17-13(18)12-9-11(5-8-16-12)15-7-4-10-3-1-2-6-14-10/h1-3,5-6,8-9H,4,7H2,(H,15,16)(H,17,18). The molecule has 0 amide bonds. The minimum Gasteiger partial charge on any atom is -0.477 e. The van der Waals surface area contributed by atoms with Crippen LogP contribution in [0, 0.1) is 0 Å². The van der Waals surface area contributed by atoms with Gasteiger partial charge in [-0.05, 0) is 24.3 Å². The second-order valence-electron chi connectivity index (χ2n) is 3.73. The van der Waals surface area contributed by atoms with Gasteiger partial charge in [-0.15, -0.1) is 0 Å². The van der Waals surface area contributed by atoms with Crippen LogP contribution in [0.5, 0.6) is 0 Å². The van der Waals surface area contributed by atoms with Crippen LogP contribution in [0.15, 0.2) is 42.7 Å². The monoisotopic (exact) mass is 243 g/mol. The van der Waals surface area contributed by atoms with Gasteiger partial charge in [0.2, 0.25) is 0 Å². The Morgan fingerprint density at radius 1 is 1.22 bits per heavy atom. The summed E-state index contributed by atoms with van der Waals surface area (Å²) >= 11 is 0. The summed E-state index contributed by atoms with van der Waals surface area (Å²) in [5, 5.41) is 12.0. The fourth-order valence-electron chi connectivity index (χ4n) is 1.54. The zero-order valence-electron chi connectivity index (χ0n) is 9.71. The smallest absolute Gasteiger partial charge is 0.354 e. The summed E-state index contributed by atoms with van der Waals surface area (Å²) in [5.41, 5.74) is 1.79. The Morgan fingerprint density at radius 2 is 2.11 bits per heavy atom. The Balaban J connectivity index is 1.90. The predicted octanol–water partition coefficient (Wildman–Crippen LogP) is 1.83. The molecule has 92 valence electrons. The second kappa shape index (κ2) is 5.77. The molecule has 0 aliphatic heterocycles. The topological polar surface area (TPSA) is 75.1 Å². The molecule has 0 fully saturated rings. The van der Waals surface area contributed by atoms with Crippen molar-refractivity contribution < 1.29 is 9.90 Å². The van der Waals surface area contributed by atoms with Crippen molar-refractivity contribution in [2.45, 2.75) is 6.42 Å². The average Bonchev–Trinajstić information content (AvgIpc) is 2.40. The van der Waals surface area contributed by atoms with Crippen molar-refractivity contribution in [2.24, 2.45) is 0 Å². The Kier molecular flexibility index (Phi) is 3.86. The maximum absolute atomic E-state index is 10.7. The Hall–Kier alpha value is -2.43. The van der Waals surface area contributed by atoms with Gasteiger partial charge >= 0.3 is 5.97 Å². The molecule has 0 atom stereocenters. The minimum atomic E-state index is -1.02. The van der Waals surface area contributed by atoms with Gasteiger partial charge in [0, 0.05) is 36.7 Å². The lowest BCUT2D eigenvalue weighted by Gasteiger charge is -2.06. The molecular weight excluding hydrogens is 230 g/mol. The van der Waals surface area contributed by atoms with E-state index in [0.717, 1.165) is 17.8 Å². The van der Waals surface area contributed by atoms with Gasteiger partial charge < -0.3 is 10.4 Å². The van der Waals surface area contributed by atoms with Crippen LogP contribution in [0.2, 0.25) is 0 Å². The van der Waals surface area contributed by atoms with Gasteiger partial charge in [-0.25, -0.2) is 9.78 Å². The van der Waals surface area contributed by atoms with Gasteiger partial charge in [-0.1, -0.05) is 6.07 Å². The highest BCUT2D eigenvalue weighted by Crippen LogP contribution is 2.08. The van der Waals surface area contributed by atoms with Crippen LogP contribution in [0.1, 0.15) is 16.2 Å². The van der Waals surface area contributed by atoms with E-state index in [9.17, 15) is 4.79 Å². The number of pyridine rings is 2. The largest absolute Gasteiger partial charge is 0.477 e. The molecule has 0 aromatic carbocycles. The van der Waals surface area contributed by atoms with E-state index in [1.165, 1.54) is 12.3 Å². The van der Waals surface area contributed by atoms with Gasteiger partial charge in [0.25, 0.3) is 0 Å². The van der Waals surface area contributed by atoms with Crippen molar-refractivity contribution in [1.29, 1.82) is 0 Å². The van der Waals surface area contributed by atoms with Crippen molar-refractivity contribution in [3.8, 4) is 0 Å². The van der Waals surface area contributed by atoms with E-state index in [-0.39, 0.29) is 5.69 Å². The average molecular weight is 243 g/mol. The predicted molar refractivity (Wildman–Crippen MR) is 67.6 cm³/mol. The zero-order valence-corrected chi connectivity index (χ0v) is 9.71. The molecule has 2 aromatic rings. The minimum absolute atomic E-state index is 0.0397. The van der Waals surface area contributed by atoms with Crippen LogP contribution in [-0.2, 0) is 6.42 Å². The molecule has 5 nitrogen and oxygen atoms in total. The first-order valence-corrected chi connectivity index (χ1v) is 5.59. The van der Waals surface area contributed by atoms with Crippen LogP contribution in [0.25, 0.3) is 0 Å². The highest BCUT2D eigenvalue weighted by molar-refractivity contribution is 5.86. The van der Waals surface area contributed by atoms with E-state index >= 15 is 0 Å². The van der Waals surface area contributed by atoms with E-state index in [0.29, 0.717) is 6.54 Å². The molecule has 0 saturated heterocycles. The molecule has 2 heterocycles. The second-order valence-corrected chi connectivity index (χ2v) is 3.73. The van der Waals surface area contributed by atoms with E-state index in [1.54, 1.807) is 12.3 Å². The maximum atomic E-state index is 10.7. The first-order chi connectivity index (χ1) is 8.75. The number of hydrogen-bond acceptors (Lipinski definition) is 4. The third-order valence-electron chi connectivity index (χ3n) is 2.42.